The van der Waals surface area contributed by atoms with Gasteiger partial charge in [-0.1, -0.05) is 19.1 Å². The van der Waals surface area contributed by atoms with Crippen molar-refractivity contribution in [3.63, 3.8) is 0 Å². The third kappa shape index (κ3) is 4.06. The van der Waals surface area contributed by atoms with Crippen molar-refractivity contribution < 1.29 is 9.90 Å². The molecule has 0 aliphatic heterocycles. The quantitative estimate of drug-likeness (QED) is 0.791. The second-order valence-corrected chi connectivity index (χ2v) is 4.79. The first-order chi connectivity index (χ1) is 8.08. The van der Waals surface area contributed by atoms with E-state index in [1.165, 1.54) is 4.90 Å². The Morgan fingerprint density at radius 1 is 1.41 bits per heavy atom. The molecule has 0 saturated carbocycles. The van der Waals surface area contributed by atoms with Crippen LogP contribution in [0.25, 0.3) is 0 Å². The molecule has 0 spiro atoms. The first kappa shape index (κ1) is 14.1. The summed E-state index contributed by atoms with van der Waals surface area (Å²) < 4.78 is 0. The van der Waals surface area contributed by atoms with Gasteiger partial charge in [0.2, 0.25) is 0 Å². The number of likely N-dealkylation sites (N-methyl/N-ethyl adjacent to an activating group) is 1. The Labute approximate surface area is 107 Å². The van der Waals surface area contributed by atoms with Crippen LogP contribution in [0.15, 0.2) is 29.2 Å². The van der Waals surface area contributed by atoms with Gasteiger partial charge in [-0.2, -0.15) is 0 Å². The zero-order chi connectivity index (χ0) is 12.8. The van der Waals surface area contributed by atoms with Crippen LogP contribution in [0, 0.1) is 0 Å². The van der Waals surface area contributed by atoms with Crippen LogP contribution in [0.2, 0.25) is 0 Å². The number of carboxylic acids is 1. The maximum absolute atomic E-state index is 10.8. The van der Waals surface area contributed by atoms with E-state index in [4.69, 9.17) is 5.11 Å². The lowest BCUT2D eigenvalue weighted by molar-refractivity contribution is -0.138. The van der Waals surface area contributed by atoms with Crippen molar-refractivity contribution in [2.24, 2.45) is 0 Å². The molecule has 1 aromatic rings. The Morgan fingerprint density at radius 3 is 2.41 bits per heavy atom. The van der Waals surface area contributed by atoms with Crippen LogP contribution in [0.5, 0.6) is 0 Å². The van der Waals surface area contributed by atoms with Crippen molar-refractivity contribution in [3.8, 4) is 0 Å². The summed E-state index contributed by atoms with van der Waals surface area (Å²) in [5.74, 6) is -0.778. The van der Waals surface area contributed by atoms with E-state index in [2.05, 4.69) is 24.3 Å². The summed E-state index contributed by atoms with van der Waals surface area (Å²) in [5.41, 5.74) is 1.16. The summed E-state index contributed by atoms with van der Waals surface area (Å²) in [6, 6.07) is 8.42. The molecule has 0 heterocycles. The van der Waals surface area contributed by atoms with Crippen LogP contribution >= 0.6 is 11.8 Å². The van der Waals surface area contributed by atoms with E-state index in [1.807, 2.05) is 25.0 Å². The molecule has 94 valence electrons. The molecule has 0 bridgehead atoms. The van der Waals surface area contributed by atoms with E-state index < -0.39 is 5.97 Å². The van der Waals surface area contributed by atoms with Crippen LogP contribution in [0.1, 0.15) is 25.5 Å². The molecular weight excluding hydrogens is 234 g/mol. The number of hydrogen-bond acceptors (Lipinski definition) is 3. The lowest BCUT2D eigenvalue weighted by Crippen LogP contribution is -2.32. The summed E-state index contributed by atoms with van der Waals surface area (Å²) in [5, 5.41) is 8.85. The standard InChI is InChI=1S/C13H19NO2S/c1-4-14(9-13(15)16)10(2)11-5-7-12(17-3)8-6-11/h5-8,10H,4,9H2,1-3H3,(H,15,16). The van der Waals surface area contributed by atoms with Crippen LogP contribution in [-0.4, -0.2) is 35.3 Å². The first-order valence-corrected chi connectivity index (χ1v) is 6.90. The maximum atomic E-state index is 10.8. The molecule has 0 amide bonds. The molecule has 1 aromatic carbocycles. The molecule has 1 rings (SSSR count). The summed E-state index contributed by atoms with van der Waals surface area (Å²) in [6.07, 6.45) is 2.04. The van der Waals surface area contributed by atoms with Crippen LogP contribution in [0.3, 0.4) is 0 Å². The fourth-order valence-electron chi connectivity index (χ4n) is 1.79. The Balaban J connectivity index is 2.78. The maximum Gasteiger partial charge on any atom is 0.317 e. The number of carboxylic acid groups (broad SMARTS) is 1. The van der Waals surface area contributed by atoms with E-state index in [-0.39, 0.29) is 12.6 Å². The van der Waals surface area contributed by atoms with Crippen LogP contribution in [0.4, 0.5) is 0 Å². The predicted octanol–water partition coefficient (Wildman–Crippen LogP) is 2.88. The van der Waals surface area contributed by atoms with Gasteiger partial charge in [0, 0.05) is 10.9 Å². The van der Waals surface area contributed by atoms with E-state index >= 15 is 0 Å². The highest BCUT2D eigenvalue weighted by Gasteiger charge is 2.16. The minimum atomic E-state index is -0.778. The molecule has 1 unspecified atom stereocenters. The topological polar surface area (TPSA) is 40.5 Å². The largest absolute Gasteiger partial charge is 0.480 e. The van der Waals surface area contributed by atoms with Crippen molar-refractivity contribution in [1.29, 1.82) is 0 Å². The number of nitrogens with zero attached hydrogens (tertiary/aromatic N) is 1. The van der Waals surface area contributed by atoms with Gasteiger partial charge in [0.1, 0.15) is 0 Å². The molecule has 0 aromatic heterocycles. The minimum absolute atomic E-state index is 0.0853. The molecule has 17 heavy (non-hydrogen) atoms. The van der Waals surface area contributed by atoms with Crippen molar-refractivity contribution >= 4 is 17.7 Å². The molecule has 0 aliphatic carbocycles. The molecule has 4 heteroatoms. The van der Waals surface area contributed by atoms with Crippen molar-refractivity contribution in [2.45, 2.75) is 24.8 Å². The fraction of sp³-hybridized carbons (Fsp3) is 0.462. The molecule has 1 atom stereocenters. The Morgan fingerprint density at radius 2 is 2.00 bits per heavy atom. The SMILES string of the molecule is CCN(CC(=O)O)C(C)c1ccc(SC)cc1. The highest BCUT2D eigenvalue weighted by molar-refractivity contribution is 7.98. The van der Waals surface area contributed by atoms with E-state index in [0.29, 0.717) is 0 Å². The second-order valence-electron chi connectivity index (χ2n) is 3.91. The average molecular weight is 253 g/mol. The number of benzene rings is 1. The van der Waals surface area contributed by atoms with Gasteiger partial charge in [-0.3, -0.25) is 9.69 Å². The Kier molecular flexibility index (Phi) is 5.51. The van der Waals surface area contributed by atoms with Crippen molar-refractivity contribution in [3.05, 3.63) is 29.8 Å². The smallest absolute Gasteiger partial charge is 0.317 e. The first-order valence-electron chi connectivity index (χ1n) is 5.68. The second kappa shape index (κ2) is 6.67. The minimum Gasteiger partial charge on any atom is -0.480 e. The third-order valence-electron chi connectivity index (χ3n) is 2.89. The molecule has 0 radical (unpaired) electrons. The van der Waals surface area contributed by atoms with Crippen LogP contribution < -0.4 is 0 Å². The Bertz CT molecular complexity index is 364. The van der Waals surface area contributed by atoms with Crippen molar-refractivity contribution in [2.75, 3.05) is 19.3 Å². The summed E-state index contributed by atoms with van der Waals surface area (Å²) >= 11 is 1.71. The summed E-state index contributed by atoms with van der Waals surface area (Å²) in [7, 11) is 0. The normalized spacial score (nSPS) is 12.7. The average Bonchev–Trinajstić information content (AvgIpc) is 2.35. The molecule has 0 aliphatic rings. The number of rotatable bonds is 6. The Hall–Kier alpha value is -1.00. The number of thioether (sulfide) groups is 1. The van der Waals surface area contributed by atoms with E-state index in [9.17, 15) is 4.79 Å². The molecule has 3 nitrogen and oxygen atoms in total. The monoisotopic (exact) mass is 253 g/mol. The third-order valence-corrected chi connectivity index (χ3v) is 3.63. The van der Waals surface area contributed by atoms with Gasteiger partial charge in [0.15, 0.2) is 0 Å². The molecule has 0 saturated heterocycles. The van der Waals surface area contributed by atoms with Gasteiger partial charge >= 0.3 is 5.97 Å². The lowest BCUT2D eigenvalue weighted by Gasteiger charge is -2.26. The van der Waals surface area contributed by atoms with E-state index in [1.54, 1.807) is 11.8 Å². The van der Waals surface area contributed by atoms with Gasteiger partial charge < -0.3 is 5.11 Å². The zero-order valence-electron chi connectivity index (χ0n) is 10.5. The number of hydrogen-bond donors (Lipinski definition) is 1. The van der Waals surface area contributed by atoms with Gasteiger partial charge in [0.25, 0.3) is 0 Å². The highest BCUT2D eigenvalue weighted by Crippen LogP contribution is 2.22. The van der Waals surface area contributed by atoms with Gasteiger partial charge in [-0.05, 0) is 37.4 Å². The number of carbonyl (C=O) groups is 1. The van der Waals surface area contributed by atoms with Gasteiger partial charge in [0.05, 0.1) is 6.54 Å². The van der Waals surface area contributed by atoms with Crippen molar-refractivity contribution in [1.82, 2.24) is 4.90 Å². The summed E-state index contributed by atoms with van der Waals surface area (Å²) in [4.78, 5) is 13.9. The molecule has 1 N–H and O–H groups in total. The summed E-state index contributed by atoms with van der Waals surface area (Å²) in [6.45, 7) is 4.84. The highest BCUT2D eigenvalue weighted by atomic mass is 32.2. The van der Waals surface area contributed by atoms with E-state index in [0.717, 1.165) is 12.1 Å². The number of aliphatic carboxylic acids is 1. The van der Waals surface area contributed by atoms with Gasteiger partial charge in [-0.15, -0.1) is 11.8 Å². The predicted molar refractivity (Wildman–Crippen MR) is 71.5 cm³/mol. The lowest BCUT2D eigenvalue weighted by atomic mass is 10.1. The molecular formula is C13H19NO2S. The molecule has 0 fully saturated rings. The van der Waals surface area contributed by atoms with Crippen LogP contribution in [-0.2, 0) is 4.79 Å². The zero-order valence-corrected chi connectivity index (χ0v) is 11.3. The van der Waals surface area contributed by atoms with Gasteiger partial charge in [-0.25, -0.2) is 0 Å². The fourth-order valence-corrected chi connectivity index (χ4v) is 2.20.